The Bertz CT molecular complexity index is 385. The van der Waals surface area contributed by atoms with Gasteiger partial charge in [-0.15, -0.1) is 9.00 Å². The molecule has 0 saturated carbocycles. The van der Waals surface area contributed by atoms with Gasteiger partial charge in [0, 0.05) is 0 Å². The average molecular weight is 187 g/mol. The molecule has 0 bridgehead atoms. The number of nitrogens with zero attached hydrogens (tertiary/aromatic N) is 2. The van der Waals surface area contributed by atoms with Crippen LogP contribution in [0.2, 0.25) is 0 Å². The normalized spacial score (nSPS) is 11.1. The zero-order valence-electron chi connectivity index (χ0n) is 5.81. The average Bonchev–Trinajstić information content (AvgIpc) is 2.03. The lowest BCUT2D eigenvalue weighted by atomic mass is 10.3. The summed E-state index contributed by atoms with van der Waals surface area (Å²) in [7, 11) is -4.65. The van der Waals surface area contributed by atoms with Crippen molar-refractivity contribution < 1.29 is 12.3 Å². The minimum atomic E-state index is -4.65. The summed E-state index contributed by atoms with van der Waals surface area (Å²) in [5.41, 5.74) is 8.38. The SMILES string of the molecule is [N]=Nc1ccc(S(=O)(=O)F)cc1. The monoisotopic (exact) mass is 187 g/mol. The first-order valence-corrected chi connectivity index (χ1v) is 4.32. The van der Waals surface area contributed by atoms with Crippen molar-refractivity contribution in [2.24, 2.45) is 5.11 Å². The van der Waals surface area contributed by atoms with E-state index in [1.54, 1.807) is 0 Å². The van der Waals surface area contributed by atoms with E-state index in [4.69, 9.17) is 5.53 Å². The fraction of sp³-hybridized carbons (Fsp3) is 0. The maximum atomic E-state index is 12.2. The zero-order chi connectivity index (χ0) is 9.19. The predicted molar refractivity (Wildman–Crippen MR) is 39.0 cm³/mol. The molecule has 0 amide bonds. The molecule has 0 spiro atoms. The number of rotatable bonds is 2. The van der Waals surface area contributed by atoms with Crippen LogP contribution < -0.4 is 5.53 Å². The number of hydrogen-bond donors (Lipinski definition) is 0. The van der Waals surface area contributed by atoms with Gasteiger partial charge in [-0.1, -0.05) is 0 Å². The van der Waals surface area contributed by atoms with Crippen LogP contribution in [-0.2, 0) is 10.2 Å². The van der Waals surface area contributed by atoms with Crippen LogP contribution in [0.25, 0.3) is 0 Å². The predicted octanol–water partition coefficient (Wildman–Crippen LogP) is 1.23. The van der Waals surface area contributed by atoms with Crippen LogP contribution in [0.1, 0.15) is 0 Å². The second kappa shape index (κ2) is 2.98. The minimum absolute atomic E-state index is 0.169. The highest BCUT2D eigenvalue weighted by atomic mass is 32.3. The molecular weight excluding hydrogens is 183 g/mol. The Balaban J connectivity index is 3.17. The van der Waals surface area contributed by atoms with Crippen LogP contribution in [0.5, 0.6) is 0 Å². The van der Waals surface area contributed by atoms with Crippen LogP contribution >= 0.6 is 0 Å². The van der Waals surface area contributed by atoms with Gasteiger partial charge in [0.15, 0.2) is 0 Å². The van der Waals surface area contributed by atoms with Crippen molar-refractivity contribution in [1.82, 2.24) is 5.53 Å². The second-order valence-corrected chi connectivity index (χ2v) is 3.38. The Morgan fingerprint density at radius 3 is 2.08 bits per heavy atom. The van der Waals surface area contributed by atoms with Crippen LogP contribution in [0, 0.1) is 0 Å². The number of halogens is 1. The molecule has 0 aliphatic rings. The Hall–Kier alpha value is -1.30. The molecule has 0 aromatic heterocycles. The lowest BCUT2D eigenvalue weighted by molar-refractivity contribution is 0.552. The summed E-state index contributed by atoms with van der Waals surface area (Å²) in [5, 5.41) is 2.78. The molecule has 1 aromatic rings. The Morgan fingerprint density at radius 1 is 1.25 bits per heavy atom. The highest BCUT2D eigenvalue weighted by Gasteiger charge is 2.10. The lowest BCUT2D eigenvalue weighted by Crippen LogP contribution is -1.89. The van der Waals surface area contributed by atoms with E-state index in [-0.39, 0.29) is 5.69 Å². The van der Waals surface area contributed by atoms with E-state index in [9.17, 15) is 12.3 Å². The Morgan fingerprint density at radius 2 is 1.75 bits per heavy atom. The van der Waals surface area contributed by atoms with E-state index in [1.807, 2.05) is 0 Å². The molecule has 0 unspecified atom stereocenters. The summed E-state index contributed by atoms with van der Waals surface area (Å²) in [4.78, 5) is -0.449. The molecule has 1 aromatic carbocycles. The van der Waals surface area contributed by atoms with Crippen LogP contribution in [0.3, 0.4) is 0 Å². The summed E-state index contributed by atoms with van der Waals surface area (Å²) in [6.07, 6.45) is 0. The molecule has 4 nitrogen and oxygen atoms in total. The summed E-state index contributed by atoms with van der Waals surface area (Å²) < 4.78 is 32.8. The molecule has 1 rings (SSSR count). The Labute approximate surface area is 68.8 Å². The number of hydrogen-bond acceptors (Lipinski definition) is 3. The first kappa shape index (κ1) is 8.79. The zero-order valence-corrected chi connectivity index (χ0v) is 6.62. The van der Waals surface area contributed by atoms with E-state index < -0.39 is 15.1 Å². The van der Waals surface area contributed by atoms with Gasteiger partial charge in [0.1, 0.15) is 0 Å². The second-order valence-electron chi connectivity index (χ2n) is 2.03. The van der Waals surface area contributed by atoms with Gasteiger partial charge in [-0.3, -0.25) is 0 Å². The summed E-state index contributed by atoms with van der Waals surface area (Å²) >= 11 is 0. The van der Waals surface area contributed by atoms with Crippen LogP contribution in [0.4, 0.5) is 9.57 Å². The van der Waals surface area contributed by atoms with Gasteiger partial charge >= 0.3 is 10.2 Å². The highest BCUT2D eigenvalue weighted by molar-refractivity contribution is 7.86. The van der Waals surface area contributed by atoms with Gasteiger partial charge in [-0.25, -0.2) is 0 Å². The van der Waals surface area contributed by atoms with E-state index >= 15 is 0 Å². The summed E-state index contributed by atoms with van der Waals surface area (Å²) in [6.45, 7) is 0. The van der Waals surface area contributed by atoms with Crippen molar-refractivity contribution in [1.29, 1.82) is 0 Å². The van der Waals surface area contributed by atoms with E-state index in [0.29, 0.717) is 0 Å². The molecule has 0 atom stereocenters. The maximum absolute atomic E-state index is 12.2. The van der Waals surface area contributed by atoms with Crippen molar-refractivity contribution >= 4 is 15.9 Å². The van der Waals surface area contributed by atoms with Crippen molar-refractivity contribution in [2.45, 2.75) is 4.90 Å². The van der Waals surface area contributed by atoms with Crippen molar-refractivity contribution in [3.63, 3.8) is 0 Å². The molecule has 0 aliphatic heterocycles. The molecule has 1 radical (unpaired) electrons. The molecule has 0 N–H and O–H groups in total. The summed E-state index contributed by atoms with van der Waals surface area (Å²) in [5.74, 6) is 0. The summed E-state index contributed by atoms with van der Waals surface area (Å²) in [6, 6.07) is 4.41. The minimum Gasteiger partial charge on any atom is -0.189 e. The molecule has 0 saturated heterocycles. The fourth-order valence-electron chi connectivity index (χ4n) is 0.675. The molecule has 0 aliphatic carbocycles. The Kier molecular flexibility index (Phi) is 2.18. The maximum Gasteiger partial charge on any atom is 0.332 e. The van der Waals surface area contributed by atoms with Crippen molar-refractivity contribution in [3.05, 3.63) is 24.3 Å². The van der Waals surface area contributed by atoms with Gasteiger partial charge in [0.25, 0.3) is 0 Å². The highest BCUT2D eigenvalue weighted by Crippen LogP contribution is 2.16. The smallest absolute Gasteiger partial charge is 0.189 e. The third-order valence-corrected chi connectivity index (χ3v) is 2.07. The van der Waals surface area contributed by atoms with Crippen LogP contribution in [0.15, 0.2) is 34.3 Å². The van der Waals surface area contributed by atoms with E-state index in [0.717, 1.165) is 12.1 Å². The molecule has 63 valence electrons. The van der Waals surface area contributed by atoms with Gasteiger partial charge in [-0.2, -0.15) is 8.42 Å². The standard InChI is InChI=1S/C6H4FN2O2S/c7-12(10,11)6-3-1-5(9-8)2-4-6/h1-4H. The fourth-order valence-corrected chi connectivity index (χ4v) is 1.14. The third-order valence-electron chi connectivity index (χ3n) is 1.23. The van der Waals surface area contributed by atoms with Gasteiger partial charge in [0.05, 0.1) is 10.6 Å². The third kappa shape index (κ3) is 1.85. The quantitative estimate of drug-likeness (QED) is 0.516. The largest absolute Gasteiger partial charge is 0.332 e. The molecule has 0 heterocycles. The molecule has 12 heavy (non-hydrogen) atoms. The van der Waals surface area contributed by atoms with E-state index in [2.05, 4.69) is 5.11 Å². The van der Waals surface area contributed by atoms with E-state index in [1.165, 1.54) is 12.1 Å². The molecular formula is C6H4FN2O2S. The molecule has 0 fully saturated rings. The van der Waals surface area contributed by atoms with Crippen molar-refractivity contribution in [2.75, 3.05) is 0 Å². The first-order chi connectivity index (χ1) is 5.54. The van der Waals surface area contributed by atoms with Crippen LogP contribution in [-0.4, -0.2) is 8.42 Å². The van der Waals surface area contributed by atoms with Gasteiger partial charge in [-0.05, 0) is 29.8 Å². The van der Waals surface area contributed by atoms with Gasteiger partial charge in [0.2, 0.25) is 0 Å². The molecule has 6 heteroatoms. The topological polar surface area (TPSA) is 68.8 Å². The van der Waals surface area contributed by atoms with Gasteiger partial charge < -0.3 is 0 Å². The number of benzene rings is 1. The first-order valence-electron chi connectivity index (χ1n) is 2.94. The van der Waals surface area contributed by atoms with Crippen molar-refractivity contribution in [3.8, 4) is 0 Å². The lowest BCUT2D eigenvalue weighted by Gasteiger charge is -1.93.